The van der Waals surface area contributed by atoms with Crippen LogP contribution in [0.1, 0.15) is 19.7 Å². The number of aliphatic hydroxyl groups is 1. The molecule has 0 amide bonds. The first-order chi connectivity index (χ1) is 14.2. The number of hydrogen-bond donors (Lipinski definition) is 3. The van der Waals surface area contributed by atoms with Gasteiger partial charge in [0.1, 0.15) is 17.2 Å². The molecule has 0 spiro atoms. The number of pyridine rings is 1. The second kappa shape index (κ2) is 7.09. The lowest BCUT2D eigenvalue weighted by Gasteiger charge is -2.09. The van der Waals surface area contributed by atoms with Crippen LogP contribution in [0.15, 0.2) is 47.4 Å². The number of fused-ring (bicyclic) bond motifs is 1. The van der Waals surface area contributed by atoms with Crippen molar-refractivity contribution in [1.29, 1.82) is 0 Å². The van der Waals surface area contributed by atoms with E-state index in [-0.39, 0.29) is 17.2 Å². The summed E-state index contributed by atoms with van der Waals surface area (Å²) in [5.74, 6) is 5.46. The topological polar surface area (TPSA) is 123 Å². The molecule has 0 fully saturated rings. The van der Waals surface area contributed by atoms with Crippen LogP contribution >= 0.6 is 0 Å². The van der Waals surface area contributed by atoms with Gasteiger partial charge in [-0.2, -0.15) is 0 Å². The molecule has 30 heavy (non-hydrogen) atoms. The first-order valence-corrected chi connectivity index (χ1v) is 8.98. The van der Waals surface area contributed by atoms with Crippen molar-refractivity contribution in [3.8, 4) is 28.9 Å². The number of nitrogens with zero attached hydrogens (tertiary/aromatic N) is 4. The summed E-state index contributed by atoms with van der Waals surface area (Å²) in [7, 11) is 0. The van der Waals surface area contributed by atoms with Gasteiger partial charge >= 0.3 is 0 Å². The smallest absolute Gasteiger partial charge is 0.248 e. The van der Waals surface area contributed by atoms with Crippen LogP contribution in [0.4, 0.5) is 10.2 Å². The molecule has 0 saturated heterocycles. The van der Waals surface area contributed by atoms with E-state index in [1.807, 2.05) is 0 Å². The highest BCUT2D eigenvalue weighted by atomic mass is 19.1. The SMILES string of the molecule is CC(C)(O)C#Cc1nc(N)c2nc(-c3cccc(F)c3)n(-c3ccc(=O)[nH]c3)c2n1. The molecule has 0 radical (unpaired) electrons. The van der Waals surface area contributed by atoms with Gasteiger partial charge in [0.25, 0.3) is 0 Å². The van der Waals surface area contributed by atoms with E-state index < -0.39 is 11.4 Å². The Labute approximate surface area is 170 Å². The Kier molecular flexibility index (Phi) is 4.56. The highest BCUT2D eigenvalue weighted by molar-refractivity contribution is 5.87. The van der Waals surface area contributed by atoms with Gasteiger partial charge in [0, 0.05) is 17.8 Å². The monoisotopic (exact) mass is 404 g/mol. The van der Waals surface area contributed by atoms with E-state index in [2.05, 4.69) is 31.8 Å². The maximum Gasteiger partial charge on any atom is 0.248 e. The molecule has 150 valence electrons. The number of hydrogen-bond acceptors (Lipinski definition) is 6. The van der Waals surface area contributed by atoms with Crippen molar-refractivity contribution in [2.75, 3.05) is 5.73 Å². The second-order valence-electron chi connectivity index (χ2n) is 7.11. The predicted molar refractivity (Wildman–Crippen MR) is 110 cm³/mol. The molecule has 4 aromatic rings. The van der Waals surface area contributed by atoms with E-state index >= 15 is 0 Å². The molecule has 0 atom stereocenters. The number of nitrogen functional groups attached to an aromatic ring is 1. The fraction of sp³-hybridized carbons (Fsp3) is 0.143. The summed E-state index contributed by atoms with van der Waals surface area (Å²) in [6.07, 6.45) is 1.49. The fourth-order valence-electron chi connectivity index (χ4n) is 2.85. The molecular formula is C21H17FN6O2. The molecule has 3 aromatic heterocycles. The Hall–Kier alpha value is -4.03. The largest absolute Gasteiger partial charge is 0.382 e. The van der Waals surface area contributed by atoms with Crippen molar-refractivity contribution >= 4 is 17.0 Å². The van der Waals surface area contributed by atoms with Crippen molar-refractivity contribution in [1.82, 2.24) is 24.5 Å². The fourth-order valence-corrected chi connectivity index (χ4v) is 2.85. The highest BCUT2D eigenvalue weighted by Gasteiger charge is 2.19. The third-order valence-corrected chi connectivity index (χ3v) is 4.12. The summed E-state index contributed by atoms with van der Waals surface area (Å²) < 4.78 is 15.5. The maximum atomic E-state index is 13.9. The van der Waals surface area contributed by atoms with Crippen LogP contribution < -0.4 is 11.3 Å². The zero-order chi connectivity index (χ0) is 21.5. The van der Waals surface area contributed by atoms with Gasteiger partial charge in [0.2, 0.25) is 11.4 Å². The van der Waals surface area contributed by atoms with E-state index in [1.54, 1.807) is 22.8 Å². The summed E-state index contributed by atoms with van der Waals surface area (Å²) in [5, 5.41) is 9.85. The molecule has 3 heterocycles. The van der Waals surface area contributed by atoms with Gasteiger partial charge in [-0.05, 0) is 38.0 Å². The van der Waals surface area contributed by atoms with E-state index in [0.29, 0.717) is 28.2 Å². The number of imidazole rings is 1. The maximum absolute atomic E-state index is 13.9. The Morgan fingerprint density at radius 1 is 1.20 bits per heavy atom. The van der Waals surface area contributed by atoms with Crippen LogP contribution in [0.5, 0.6) is 0 Å². The number of halogens is 1. The molecule has 4 rings (SSSR count). The normalized spacial score (nSPS) is 11.3. The Morgan fingerprint density at radius 2 is 2.00 bits per heavy atom. The Bertz CT molecular complexity index is 1370. The Balaban J connectivity index is 2.04. The number of rotatable bonds is 2. The van der Waals surface area contributed by atoms with Gasteiger partial charge in [-0.1, -0.05) is 18.1 Å². The molecular weight excluding hydrogens is 387 g/mol. The van der Waals surface area contributed by atoms with Gasteiger partial charge in [-0.25, -0.2) is 19.3 Å². The van der Waals surface area contributed by atoms with Crippen molar-refractivity contribution in [2.45, 2.75) is 19.4 Å². The number of aromatic amines is 1. The average Bonchev–Trinajstić information content (AvgIpc) is 3.07. The van der Waals surface area contributed by atoms with Crippen LogP contribution in [-0.4, -0.2) is 35.2 Å². The number of H-pyrrole nitrogens is 1. The first kappa shape index (κ1) is 19.3. The lowest BCUT2D eigenvalue weighted by Crippen LogP contribution is -2.14. The van der Waals surface area contributed by atoms with Crippen LogP contribution in [0.25, 0.3) is 28.2 Å². The zero-order valence-corrected chi connectivity index (χ0v) is 16.1. The van der Waals surface area contributed by atoms with Crippen LogP contribution in [-0.2, 0) is 0 Å². The van der Waals surface area contributed by atoms with Crippen molar-refractivity contribution in [3.63, 3.8) is 0 Å². The minimum atomic E-state index is -1.24. The summed E-state index contributed by atoms with van der Waals surface area (Å²) >= 11 is 0. The Morgan fingerprint density at radius 3 is 2.67 bits per heavy atom. The quantitative estimate of drug-likeness (QED) is 0.439. The molecule has 0 aliphatic rings. The highest BCUT2D eigenvalue weighted by Crippen LogP contribution is 2.29. The van der Waals surface area contributed by atoms with E-state index in [1.165, 1.54) is 38.2 Å². The van der Waals surface area contributed by atoms with Gasteiger partial charge in [-0.15, -0.1) is 0 Å². The average molecular weight is 404 g/mol. The molecule has 0 aliphatic carbocycles. The number of aromatic nitrogens is 5. The number of benzene rings is 1. The van der Waals surface area contributed by atoms with Crippen LogP contribution in [0, 0.1) is 17.7 Å². The van der Waals surface area contributed by atoms with E-state index in [4.69, 9.17) is 5.73 Å². The second-order valence-corrected chi connectivity index (χ2v) is 7.11. The molecule has 0 aliphatic heterocycles. The zero-order valence-electron chi connectivity index (χ0n) is 16.1. The number of nitrogens with two attached hydrogens (primary N) is 1. The van der Waals surface area contributed by atoms with Crippen LogP contribution in [0.3, 0.4) is 0 Å². The van der Waals surface area contributed by atoms with Gasteiger partial charge in [0.05, 0.1) is 5.69 Å². The third-order valence-electron chi connectivity index (χ3n) is 4.12. The van der Waals surface area contributed by atoms with E-state index in [9.17, 15) is 14.3 Å². The standard InChI is InChI=1S/C21H17FN6O2/c1-21(2,30)9-8-15-25-18(23)17-20(26-15)28(14-6-7-16(29)24-11-14)19(27-17)12-4-3-5-13(22)10-12/h3-7,10-11,30H,1-2H3,(H,24,29)(H2,23,25,26). The number of nitrogens with one attached hydrogen (secondary N) is 1. The summed E-state index contributed by atoms with van der Waals surface area (Å²) in [6, 6.07) is 8.87. The first-order valence-electron chi connectivity index (χ1n) is 8.98. The molecule has 0 unspecified atom stereocenters. The molecule has 1 aromatic carbocycles. The molecule has 0 saturated carbocycles. The summed E-state index contributed by atoms with van der Waals surface area (Å²) in [5.41, 5.74) is 6.24. The minimum absolute atomic E-state index is 0.0841. The van der Waals surface area contributed by atoms with E-state index in [0.717, 1.165) is 0 Å². The minimum Gasteiger partial charge on any atom is -0.382 e. The predicted octanol–water partition coefficient (Wildman–Crippen LogP) is 2.01. The number of anilines is 1. The van der Waals surface area contributed by atoms with Gasteiger partial charge < -0.3 is 15.8 Å². The van der Waals surface area contributed by atoms with Gasteiger partial charge in [0.15, 0.2) is 17.0 Å². The van der Waals surface area contributed by atoms with Crippen LogP contribution in [0.2, 0.25) is 0 Å². The molecule has 8 nitrogen and oxygen atoms in total. The van der Waals surface area contributed by atoms with Gasteiger partial charge in [-0.3, -0.25) is 9.36 Å². The molecule has 4 N–H and O–H groups in total. The summed E-state index contributed by atoms with van der Waals surface area (Å²) in [6.45, 7) is 3.07. The lowest BCUT2D eigenvalue weighted by atomic mass is 10.1. The summed E-state index contributed by atoms with van der Waals surface area (Å²) in [4.78, 5) is 27.3. The molecule has 0 bridgehead atoms. The third kappa shape index (κ3) is 3.76. The molecule has 9 heteroatoms. The van der Waals surface area contributed by atoms with Crippen molar-refractivity contribution in [2.24, 2.45) is 0 Å². The van der Waals surface area contributed by atoms with Crippen molar-refractivity contribution < 1.29 is 9.50 Å². The van der Waals surface area contributed by atoms with Crippen molar-refractivity contribution in [3.05, 3.63) is 64.6 Å². The lowest BCUT2D eigenvalue weighted by molar-refractivity contribution is 0.143.